The SMILES string of the molecule is CCCc1cc(Cl)ccc1C1COc2ccc3cc2N(C1)CC1CCC1C(O)(C#CCN1CCOCC1)/C=C/CC(C)C(C)S(=O)NC3=O. The molecule has 3 heterocycles. The molecule has 2 bridgehead atoms. The highest BCUT2D eigenvalue weighted by atomic mass is 35.5. The van der Waals surface area contributed by atoms with Crippen LogP contribution in [0.5, 0.6) is 5.75 Å². The van der Waals surface area contributed by atoms with E-state index < -0.39 is 16.6 Å². The Labute approximate surface area is 299 Å². The minimum atomic E-state index is -1.59. The van der Waals surface area contributed by atoms with E-state index in [0.29, 0.717) is 57.2 Å². The number of nitrogens with zero attached hydrogens (tertiary/aromatic N) is 2. The third-order valence-corrected chi connectivity index (χ3v) is 12.6. The standard InChI is InChI=1S/C39H50ClN3O5S/c1-4-7-29-22-33(40)11-12-34(29)32-25-43-24-31-9-13-35(31)39(45,16-6-17-42-18-20-47-21-19-42)15-5-8-27(2)28(3)49(46)41-38(44)30-10-14-37(48-26-32)36(43)23-30/h5,10-12,14-15,22-23,27-28,31-32,35,45H,4,7-9,13,17-21,24-26H2,1-3H3,(H,41,44)/b15-5+. The molecule has 1 aliphatic carbocycles. The smallest absolute Gasteiger partial charge is 0.263 e. The number of aliphatic hydroxyl groups is 1. The number of anilines is 1. The topological polar surface area (TPSA) is 91.3 Å². The molecule has 7 atom stereocenters. The number of fused-ring (bicyclic) bond motifs is 2. The summed E-state index contributed by atoms with van der Waals surface area (Å²) >= 11 is 6.45. The van der Waals surface area contributed by atoms with Crippen LogP contribution in [0.15, 0.2) is 48.6 Å². The zero-order chi connectivity index (χ0) is 34.5. The van der Waals surface area contributed by atoms with Crippen LogP contribution in [0, 0.1) is 29.6 Å². The minimum Gasteiger partial charge on any atom is -0.491 e. The van der Waals surface area contributed by atoms with Gasteiger partial charge in [0.2, 0.25) is 0 Å². The molecule has 8 nitrogen and oxygen atoms in total. The van der Waals surface area contributed by atoms with Crippen molar-refractivity contribution in [2.24, 2.45) is 17.8 Å². The van der Waals surface area contributed by atoms with Crippen molar-refractivity contribution in [1.29, 1.82) is 0 Å². The molecule has 7 unspecified atom stereocenters. The van der Waals surface area contributed by atoms with E-state index in [2.05, 4.69) is 45.4 Å². The summed E-state index contributed by atoms with van der Waals surface area (Å²) < 4.78 is 28.1. The Morgan fingerprint density at radius 1 is 1.12 bits per heavy atom. The van der Waals surface area contributed by atoms with E-state index in [9.17, 15) is 14.1 Å². The average Bonchev–Trinajstić information content (AvgIpc) is 3.25. The number of rotatable bonds is 4. The summed E-state index contributed by atoms with van der Waals surface area (Å²) in [6, 6.07) is 11.6. The second-order valence-electron chi connectivity index (χ2n) is 14.2. The summed E-state index contributed by atoms with van der Waals surface area (Å²) in [5.74, 6) is 7.19. The largest absolute Gasteiger partial charge is 0.491 e. The van der Waals surface area contributed by atoms with Crippen LogP contribution in [0.2, 0.25) is 5.02 Å². The maximum atomic E-state index is 13.5. The average molecular weight is 708 g/mol. The Hall–Kier alpha value is -2.87. The van der Waals surface area contributed by atoms with Gasteiger partial charge in [-0.2, -0.15) is 0 Å². The lowest BCUT2D eigenvalue weighted by Gasteiger charge is -2.46. The van der Waals surface area contributed by atoms with Gasteiger partial charge in [-0.25, -0.2) is 4.21 Å². The zero-order valence-electron chi connectivity index (χ0n) is 29.0. The van der Waals surface area contributed by atoms with Crippen LogP contribution < -0.4 is 14.4 Å². The number of halogens is 1. The van der Waals surface area contributed by atoms with Gasteiger partial charge in [-0.15, -0.1) is 0 Å². The van der Waals surface area contributed by atoms with Gasteiger partial charge in [-0.1, -0.05) is 55.9 Å². The van der Waals surface area contributed by atoms with Gasteiger partial charge in [-0.05, 0) is 92.0 Å². The summed E-state index contributed by atoms with van der Waals surface area (Å²) in [4.78, 5) is 18.1. The van der Waals surface area contributed by atoms with Crippen LogP contribution in [0.1, 0.15) is 73.9 Å². The van der Waals surface area contributed by atoms with Crippen LogP contribution in [0.25, 0.3) is 0 Å². The number of carbonyl (C=O) groups is 1. The Bertz CT molecular complexity index is 1620. The normalized spacial score (nSPS) is 31.5. The fraction of sp³-hybridized carbons (Fsp3) is 0.564. The first kappa shape index (κ1) is 35.9. The highest BCUT2D eigenvalue weighted by molar-refractivity contribution is 7.84. The molecule has 6 rings (SSSR count). The monoisotopic (exact) mass is 707 g/mol. The van der Waals surface area contributed by atoms with Crippen LogP contribution in [0.4, 0.5) is 5.69 Å². The fourth-order valence-electron chi connectivity index (χ4n) is 7.52. The minimum absolute atomic E-state index is 0.00590. The second-order valence-corrected chi connectivity index (χ2v) is 16.2. The molecule has 2 N–H and O–H groups in total. The number of aryl methyl sites for hydroxylation is 1. The van der Waals surface area contributed by atoms with E-state index in [0.717, 1.165) is 49.5 Å². The van der Waals surface area contributed by atoms with Crippen molar-refractivity contribution in [3.8, 4) is 17.6 Å². The quantitative estimate of drug-likeness (QED) is 0.309. The molecule has 0 radical (unpaired) electrons. The molecule has 0 spiro atoms. The molecule has 1 amide bonds. The molecule has 2 fully saturated rings. The summed E-state index contributed by atoms with van der Waals surface area (Å²) in [5.41, 5.74) is 2.44. The van der Waals surface area contributed by atoms with Gasteiger partial charge < -0.3 is 19.5 Å². The van der Waals surface area contributed by atoms with Crippen LogP contribution >= 0.6 is 11.6 Å². The Morgan fingerprint density at radius 2 is 1.94 bits per heavy atom. The predicted octanol–water partition coefficient (Wildman–Crippen LogP) is 5.75. The number of hydrogen-bond donors (Lipinski definition) is 2. The molecule has 1 saturated heterocycles. The van der Waals surface area contributed by atoms with Crippen LogP contribution in [-0.4, -0.2) is 83.5 Å². The molecule has 2 aromatic rings. The number of allylic oxidation sites excluding steroid dienone is 1. The zero-order valence-corrected chi connectivity index (χ0v) is 30.5. The molecular formula is C39H50ClN3O5S. The van der Waals surface area contributed by atoms with Gasteiger partial charge in [0.25, 0.3) is 5.91 Å². The Balaban J connectivity index is 1.37. The van der Waals surface area contributed by atoms with Gasteiger partial charge >= 0.3 is 0 Å². The summed E-state index contributed by atoms with van der Waals surface area (Å²) in [6.07, 6.45) is 8.26. The molecule has 2 aromatic carbocycles. The second kappa shape index (κ2) is 16.0. The molecule has 10 heteroatoms. The first-order chi connectivity index (χ1) is 23.6. The van der Waals surface area contributed by atoms with Gasteiger partial charge in [0, 0.05) is 48.6 Å². The number of morpholine rings is 1. The number of ether oxygens (including phenoxy) is 2. The van der Waals surface area contributed by atoms with Crippen molar-refractivity contribution in [2.45, 2.75) is 69.6 Å². The summed E-state index contributed by atoms with van der Waals surface area (Å²) in [5, 5.41) is 12.8. The highest BCUT2D eigenvalue weighted by Crippen LogP contribution is 2.45. The summed E-state index contributed by atoms with van der Waals surface area (Å²) in [6.45, 7) is 11.6. The molecule has 4 aliphatic rings. The summed E-state index contributed by atoms with van der Waals surface area (Å²) in [7, 11) is -1.59. The molecule has 264 valence electrons. The number of amides is 1. The number of nitrogens with one attached hydrogen (secondary N) is 1. The van der Waals surface area contributed by atoms with Crippen molar-refractivity contribution < 1.29 is 23.6 Å². The van der Waals surface area contributed by atoms with Gasteiger partial charge in [0.1, 0.15) is 22.3 Å². The number of benzene rings is 2. The third kappa shape index (κ3) is 8.37. The van der Waals surface area contributed by atoms with E-state index in [-0.39, 0.29) is 34.8 Å². The van der Waals surface area contributed by atoms with Crippen LogP contribution in [-0.2, 0) is 22.1 Å². The molecule has 3 aliphatic heterocycles. The van der Waals surface area contributed by atoms with Crippen molar-refractivity contribution in [3.63, 3.8) is 0 Å². The molecular weight excluding hydrogens is 658 g/mol. The highest BCUT2D eigenvalue weighted by Gasteiger charge is 2.45. The number of carbonyl (C=O) groups excluding carboxylic acids is 1. The molecule has 1 saturated carbocycles. The van der Waals surface area contributed by atoms with E-state index >= 15 is 0 Å². The lowest BCUT2D eigenvalue weighted by molar-refractivity contribution is -0.00312. The first-order valence-corrected chi connectivity index (χ1v) is 19.5. The predicted molar refractivity (Wildman–Crippen MR) is 197 cm³/mol. The van der Waals surface area contributed by atoms with E-state index in [4.69, 9.17) is 21.1 Å². The molecule has 49 heavy (non-hydrogen) atoms. The lowest BCUT2D eigenvalue weighted by atomic mass is 9.64. The lowest BCUT2D eigenvalue weighted by Crippen LogP contribution is -2.50. The van der Waals surface area contributed by atoms with Crippen molar-refractivity contribution in [1.82, 2.24) is 9.62 Å². The van der Waals surface area contributed by atoms with Crippen molar-refractivity contribution in [2.75, 3.05) is 57.4 Å². The maximum absolute atomic E-state index is 13.5. The Morgan fingerprint density at radius 3 is 2.69 bits per heavy atom. The Kier molecular flexibility index (Phi) is 11.7. The third-order valence-electron chi connectivity index (χ3n) is 10.9. The van der Waals surface area contributed by atoms with E-state index in [1.54, 1.807) is 6.07 Å². The van der Waals surface area contributed by atoms with Crippen molar-refractivity contribution >= 4 is 34.2 Å². The first-order valence-electron chi connectivity index (χ1n) is 17.9. The van der Waals surface area contributed by atoms with E-state index in [1.165, 1.54) is 11.1 Å². The van der Waals surface area contributed by atoms with Gasteiger partial charge in [0.05, 0.1) is 37.3 Å². The van der Waals surface area contributed by atoms with Gasteiger partial charge in [-0.3, -0.25) is 14.4 Å². The van der Waals surface area contributed by atoms with E-state index in [1.807, 2.05) is 44.2 Å². The van der Waals surface area contributed by atoms with Crippen molar-refractivity contribution in [3.05, 3.63) is 70.3 Å². The maximum Gasteiger partial charge on any atom is 0.263 e. The fourth-order valence-corrected chi connectivity index (χ4v) is 8.74. The number of hydrogen-bond acceptors (Lipinski definition) is 7. The van der Waals surface area contributed by atoms with Crippen LogP contribution in [0.3, 0.4) is 0 Å². The molecule has 0 aromatic heterocycles. The van der Waals surface area contributed by atoms with Gasteiger partial charge in [0.15, 0.2) is 0 Å².